The van der Waals surface area contributed by atoms with Gasteiger partial charge in [0.15, 0.2) is 5.78 Å². The van der Waals surface area contributed by atoms with Gasteiger partial charge in [-0.25, -0.2) is 0 Å². The van der Waals surface area contributed by atoms with E-state index < -0.39 is 18.3 Å². The number of piperidine rings is 1. The molecule has 1 aromatic carbocycles. The number of hydrogen-bond donors (Lipinski definition) is 1. The number of rotatable bonds is 5. The Labute approximate surface area is 131 Å². The van der Waals surface area contributed by atoms with Crippen molar-refractivity contribution < 1.29 is 27.1 Å². The topological polar surface area (TPSA) is 38.3 Å². The molecule has 2 saturated heterocycles. The van der Waals surface area contributed by atoms with Crippen molar-refractivity contribution in [2.75, 3.05) is 0 Å². The summed E-state index contributed by atoms with van der Waals surface area (Å²) in [5.41, 5.74) is 0.221. The lowest BCUT2D eigenvalue weighted by atomic mass is 9.86. The van der Waals surface area contributed by atoms with E-state index in [2.05, 4.69) is 10.1 Å². The van der Waals surface area contributed by atoms with E-state index in [0.717, 1.165) is 25.0 Å². The van der Waals surface area contributed by atoms with Crippen LogP contribution in [0.4, 0.5) is 17.6 Å². The average Bonchev–Trinajstić information content (AvgIpc) is 2.84. The first kappa shape index (κ1) is 16.2. The van der Waals surface area contributed by atoms with Crippen molar-refractivity contribution in [3.05, 3.63) is 29.8 Å². The number of ketones is 1. The number of Topliss-reactive ketones (excluding diaryl/α,β-unsaturated/α-hetero) is 1. The van der Waals surface area contributed by atoms with Gasteiger partial charge in [-0.05, 0) is 37.8 Å². The monoisotopic (exact) mass is 331 g/mol. The van der Waals surface area contributed by atoms with Crippen LogP contribution in [-0.2, 0) is 0 Å². The summed E-state index contributed by atoms with van der Waals surface area (Å²) in [6, 6.07) is 5.76. The van der Waals surface area contributed by atoms with Crippen LogP contribution in [0.3, 0.4) is 0 Å². The van der Waals surface area contributed by atoms with E-state index in [1.54, 1.807) is 0 Å². The van der Waals surface area contributed by atoms with Crippen LogP contribution >= 0.6 is 0 Å². The van der Waals surface area contributed by atoms with E-state index >= 15 is 0 Å². The summed E-state index contributed by atoms with van der Waals surface area (Å²) in [7, 11) is 0. The van der Waals surface area contributed by atoms with Crippen LogP contribution in [0.25, 0.3) is 0 Å². The molecule has 2 bridgehead atoms. The number of carbonyl (C=O) groups is 1. The van der Waals surface area contributed by atoms with Crippen LogP contribution in [-0.4, -0.2) is 30.4 Å². The molecule has 0 radical (unpaired) electrons. The van der Waals surface area contributed by atoms with Gasteiger partial charge in [0.05, 0.1) is 0 Å². The number of hydrogen-bond acceptors (Lipinski definition) is 3. The molecule has 0 aromatic heterocycles. The molecule has 2 heterocycles. The molecule has 3 nitrogen and oxygen atoms in total. The van der Waals surface area contributed by atoms with Crippen LogP contribution in [0.1, 0.15) is 36.0 Å². The molecule has 0 amide bonds. The Morgan fingerprint density at radius 3 is 2.48 bits per heavy atom. The fourth-order valence-electron chi connectivity index (χ4n) is 3.42. The summed E-state index contributed by atoms with van der Waals surface area (Å²) in [5, 5.41) is 3.42. The van der Waals surface area contributed by atoms with Gasteiger partial charge in [-0.15, -0.1) is 0 Å². The molecule has 3 rings (SSSR count). The quantitative estimate of drug-likeness (QED) is 0.661. The van der Waals surface area contributed by atoms with Crippen LogP contribution in [0, 0.1) is 5.92 Å². The van der Waals surface area contributed by atoms with E-state index in [0.29, 0.717) is 24.9 Å². The Bertz CT molecular complexity index is 581. The lowest BCUT2D eigenvalue weighted by Crippen LogP contribution is -2.40. The molecule has 1 aromatic rings. The zero-order valence-electron chi connectivity index (χ0n) is 12.3. The molecule has 0 saturated carbocycles. The van der Waals surface area contributed by atoms with Gasteiger partial charge >= 0.3 is 12.5 Å². The van der Waals surface area contributed by atoms with Crippen molar-refractivity contribution in [2.24, 2.45) is 5.92 Å². The van der Waals surface area contributed by atoms with Crippen molar-refractivity contribution >= 4 is 5.78 Å². The van der Waals surface area contributed by atoms with E-state index in [1.165, 1.54) is 12.1 Å². The summed E-state index contributed by atoms with van der Waals surface area (Å²) in [5.74, 6) is -0.744. The summed E-state index contributed by atoms with van der Waals surface area (Å²) in [4.78, 5) is 12.6. The normalized spacial score (nSPS) is 27.3. The molecule has 2 atom stereocenters. The summed E-state index contributed by atoms with van der Waals surface area (Å²) in [6.07, 6.45) is -4.99. The highest BCUT2D eigenvalue weighted by molar-refractivity contribution is 5.98. The van der Waals surface area contributed by atoms with Gasteiger partial charge < -0.3 is 10.1 Å². The highest BCUT2D eigenvalue weighted by Gasteiger charge is 2.44. The zero-order valence-corrected chi connectivity index (χ0v) is 12.3. The molecule has 2 aliphatic heterocycles. The predicted molar refractivity (Wildman–Crippen MR) is 75.0 cm³/mol. The third kappa shape index (κ3) is 3.49. The molecular formula is C16H17F4NO2. The number of halogens is 4. The van der Waals surface area contributed by atoms with Crippen molar-refractivity contribution in [2.45, 2.75) is 50.3 Å². The third-order valence-corrected chi connectivity index (χ3v) is 4.47. The van der Waals surface area contributed by atoms with Crippen LogP contribution < -0.4 is 10.1 Å². The minimum absolute atomic E-state index is 0.144. The number of benzene rings is 1. The second-order valence-electron chi connectivity index (χ2n) is 6.16. The SMILES string of the molecule is O=C(c1cccc(OC(F)(F)C(F)F)c1)C1CC2CCC(C1)N2. The number of fused-ring (bicyclic) bond motifs is 2. The molecule has 2 aliphatic rings. The minimum atomic E-state index is -4.57. The van der Waals surface area contributed by atoms with Crippen LogP contribution in [0.15, 0.2) is 24.3 Å². The summed E-state index contributed by atoms with van der Waals surface area (Å²) >= 11 is 0. The molecule has 2 unspecified atom stereocenters. The first-order chi connectivity index (χ1) is 10.8. The van der Waals surface area contributed by atoms with Gasteiger partial charge in [-0.1, -0.05) is 12.1 Å². The first-order valence-corrected chi connectivity index (χ1v) is 7.60. The average molecular weight is 331 g/mol. The lowest BCUT2D eigenvalue weighted by molar-refractivity contribution is -0.253. The maximum atomic E-state index is 13.0. The number of alkyl halides is 4. The van der Waals surface area contributed by atoms with Crippen molar-refractivity contribution in [1.29, 1.82) is 0 Å². The molecule has 23 heavy (non-hydrogen) atoms. The van der Waals surface area contributed by atoms with Gasteiger partial charge in [0.25, 0.3) is 0 Å². The molecule has 2 fully saturated rings. The Balaban J connectivity index is 1.73. The first-order valence-electron chi connectivity index (χ1n) is 7.60. The molecular weight excluding hydrogens is 314 g/mol. The Morgan fingerprint density at radius 1 is 1.22 bits per heavy atom. The van der Waals surface area contributed by atoms with Gasteiger partial charge in [0.2, 0.25) is 0 Å². The predicted octanol–water partition coefficient (Wildman–Crippen LogP) is 3.64. The smallest absolute Gasteiger partial charge is 0.428 e. The van der Waals surface area contributed by atoms with E-state index in [1.807, 2.05) is 0 Å². The van der Waals surface area contributed by atoms with E-state index in [4.69, 9.17) is 0 Å². The van der Waals surface area contributed by atoms with Gasteiger partial charge in [-0.2, -0.15) is 17.6 Å². The fourth-order valence-corrected chi connectivity index (χ4v) is 3.42. The Hall–Kier alpha value is -1.63. The molecule has 0 spiro atoms. The van der Waals surface area contributed by atoms with Gasteiger partial charge in [0.1, 0.15) is 5.75 Å². The van der Waals surface area contributed by atoms with Crippen LogP contribution in [0.2, 0.25) is 0 Å². The van der Waals surface area contributed by atoms with Gasteiger partial charge in [-0.3, -0.25) is 4.79 Å². The molecule has 0 aliphatic carbocycles. The number of ether oxygens (including phenoxy) is 1. The zero-order chi connectivity index (χ0) is 16.6. The van der Waals surface area contributed by atoms with E-state index in [-0.39, 0.29) is 17.3 Å². The summed E-state index contributed by atoms with van der Waals surface area (Å²) < 4.78 is 54.4. The van der Waals surface area contributed by atoms with Crippen LogP contribution in [0.5, 0.6) is 5.75 Å². The third-order valence-electron chi connectivity index (χ3n) is 4.47. The number of carbonyl (C=O) groups excluding carboxylic acids is 1. The molecule has 7 heteroatoms. The highest BCUT2D eigenvalue weighted by atomic mass is 19.3. The second-order valence-corrected chi connectivity index (χ2v) is 6.16. The second kappa shape index (κ2) is 6.11. The Kier molecular flexibility index (Phi) is 4.31. The summed E-state index contributed by atoms with van der Waals surface area (Å²) in [6.45, 7) is 0. The molecule has 126 valence electrons. The van der Waals surface area contributed by atoms with Crippen molar-refractivity contribution in [1.82, 2.24) is 5.32 Å². The lowest BCUT2D eigenvalue weighted by Gasteiger charge is -2.28. The standard InChI is InChI=1S/C16H17F4NO2/c17-15(18)16(19,20)23-13-3-1-2-9(8-13)14(22)10-6-11-4-5-12(7-10)21-11/h1-3,8,10-12,15,21H,4-7H2. The number of nitrogens with one attached hydrogen (secondary N) is 1. The Morgan fingerprint density at radius 2 is 1.87 bits per heavy atom. The maximum Gasteiger partial charge on any atom is 0.461 e. The molecule has 1 N–H and O–H groups in total. The minimum Gasteiger partial charge on any atom is -0.428 e. The fraction of sp³-hybridized carbons (Fsp3) is 0.562. The van der Waals surface area contributed by atoms with E-state index in [9.17, 15) is 22.4 Å². The maximum absolute atomic E-state index is 13.0. The van der Waals surface area contributed by atoms with Crippen molar-refractivity contribution in [3.8, 4) is 5.75 Å². The largest absolute Gasteiger partial charge is 0.461 e. The van der Waals surface area contributed by atoms with Crippen molar-refractivity contribution in [3.63, 3.8) is 0 Å². The highest BCUT2D eigenvalue weighted by Crippen LogP contribution is 2.34. The van der Waals surface area contributed by atoms with Gasteiger partial charge in [0, 0.05) is 23.6 Å².